The van der Waals surface area contributed by atoms with Gasteiger partial charge in [0.05, 0.1) is 18.6 Å². The molecule has 1 aliphatic heterocycles. The zero-order chi connectivity index (χ0) is 14.0. The van der Waals surface area contributed by atoms with Gasteiger partial charge in [-0.05, 0) is 36.1 Å². The Morgan fingerprint density at radius 1 is 1.40 bits per heavy atom. The summed E-state index contributed by atoms with van der Waals surface area (Å²) in [4.78, 5) is 11.6. The molecule has 110 valence electrons. The lowest BCUT2D eigenvalue weighted by Gasteiger charge is -2.26. The molecular weight excluding hydrogens is 260 g/mol. The molecule has 1 saturated heterocycles. The van der Waals surface area contributed by atoms with Crippen molar-refractivity contribution in [1.29, 1.82) is 0 Å². The number of carboxylic acid groups (broad SMARTS) is 1. The van der Waals surface area contributed by atoms with Crippen molar-refractivity contribution in [1.82, 2.24) is 20.2 Å². The lowest BCUT2D eigenvalue weighted by atomic mass is 9.86. The second-order valence-electron chi connectivity index (χ2n) is 5.90. The summed E-state index contributed by atoms with van der Waals surface area (Å²) in [5.41, 5.74) is -0.695. The molecule has 0 amide bonds. The number of nitrogens with zero attached hydrogens (tertiary/aromatic N) is 4. The van der Waals surface area contributed by atoms with Crippen LogP contribution in [0.4, 0.5) is 0 Å². The fraction of sp³-hybridized carbons (Fsp3) is 0.846. The Morgan fingerprint density at radius 2 is 2.20 bits per heavy atom. The van der Waals surface area contributed by atoms with Gasteiger partial charge in [-0.3, -0.25) is 4.79 Å². The Morgan fingerprint density at radius 3 is 2.85 bits per heavy atom. The number of rotatable bonds is 4. The number of aromatic nitrogens is 4. The number of hydrogen-bond donors (Lipinski definition) is 1. The second kappa shape index (κ2) is 5.47. The lowest BCUT2D eigenvalue weighted by molar-refractivity contribution is -0.149. The zero-order valence-electron chi connectivity index (χ0n) is 11.5. The maximum atomic E-state index is 11.6. The summed E-state index contributed by atoms with van der Waals surface area (Å²) in [5.74, 6) is 0.236. The summed E-state index contributed by atoms with van der Waals surface area (Å²) in [6.07, 6.45) is 5.36. The first-order chi connectivity index (χ1) is 9.71. The van der Waals surface area contributed by atoms with Gasteiger partial charge in [-0.25, -0.2) is 4.68 Å². The van der Waals surface area contributed by atoms with Crippen molar-refractivity contribution < 1.29 is 14.6 Å². The molecule has 0 radical (unpaired) electrons. The van der Waals surface area contributed by atoms with Crippen LogP contribution in [-0.4, -0.2) is 44.5 Å². The molecule has 1 N–H and O–H groups in total. The molecule has 2 heterocycles. The van der Waals surface area contributed by atoms with E-state index in [-0.39, 0.29) is 5.92 Å². The van der Waals surface area contributed by atoms with E-state index in [1.165, 1.54) is 0 Å². The van der Waals surface area contributed by atoms with Gasteiger partial charge in [0.15, 0.2) is 5.82 Å². The molecule has 7 heteroatoms. The van der Waals surface area contributed by atoms with E-state index in [2.05, 4.69) is 15.5 Å². The molecule has 1 atom stereocenters. The third-order valence-electron chi connectivity index (χ3n) is 4.55. The first-order valence-electron chi connectivity index (χ1n) is 7.28. The Labute approximate surface area is 117 Å². The van der Waals surface area contributed by atoms with Gasteiger partial charge in [0.25, 0.3) is 0 Å². The fourth-order valence-corrected chi connectivity index (χ4v) is 3.34. The first-order valence-corrected chi connectivity index (χ1v) is 7.28. The van der Waals surface area contributed by atoms with Crippen molar-refractivity contribution in [2.75, 3.05) is 13.2 Å². The molecule has 1 saturated carbocycles. The minimum Gasteiger partial charge on any atom is -0.481 e. The summed E-state index contributed by atoms with van der Waals surface area (Å²) in [6.45, 7) is 1.79. The third-order valence-corrected chi connectivity index (χ3v) is 4.55. The molecule has 1 aliphatic carbocycles. The standard InChI is InChI=1S/C13H20N4O3/c18-12(19)13(5-1-2-6-13)9-17-11(14-15-16-17)10-4-3-7-20-8-10/h10H,1-9H2,(H,18,19). The topological polar surface area (TPSA) is 90.1 Å². The minimum absolute atomic E-state index is 0.186. The lowest BCUT2D eigenvalue weighted by Crippen LogP contribution is -2.34. The quantitative estimate of drug-likeness (QED) is 0.891. The van der Waals surface area contributed by atoms with Gasteiger partial charge in [0, 0.05) is 12.5 Å². The van der Waals surface area contributed by atoms with Crippen LogP contribution in [-0.2, 0) is 16.1 Å². The van der Waals surface area contributed by atoms with Crippen molar-refractivity contribution in [3.8, 4) is 0 Å². The van der Waals surface area contributed by atoms with E-state index >= 15 is 0 Å². The van der Waals surface area contributed by atoms with E-state index < -0.39 is 11.4 Å². The monoisotopic (exact) mass is 280 g/mol. The smallest absolute Gasteiger partial charge is 0.311 e. The van der Waals surface area contributed by atoms with E-state index in [9.17, 15) is 9.90 Å². The van der Waals surface area contributed by atoms with Gasteiger partial charge < -0.3 is 9.84 Å². The molecule has 0 bridgehead atoms. The van der Waals surface area contributed by atoms with Gasteiger partial charge in [0.1, 0.15) is 0 Å². The molecule has 0 aromatic carbocycles. The maximum Gasteiger partial charge on any atom is 0.311 e. The Balaban J connectivity index is 1.80. The highest BCUT2D eigenvalue weighted by Gasteiger charge is 2.43. The van der Waals surface area contributed by atoms with Crippen molar-refractivity contribution >= 4 is 5.97 Å². The van der Waals surface area contributed by atoms with Crippen molar-refractivity contribution in [3.05, 3.63) is 5.82 Å². The van der Waals surface area contributed by atoms with E-state index in [0.29, 0.717) is 26.0 Å². The first kappa shape index (κ1) is 13.5. The average molecular weight is 280 g/mol. The normalized spacial score (nSPS) is 25.7. The van der Waals surface area contributed by atoms with Gasteiger partial charge >= 0.3 is 5.97 Å². The molecular formula is C13H20N4O3. The maximum absolute atomic E-state index is 11.6. The molecule has 2 fully saturated rings. The molecule has 1 unspecified atom stereocenters. The van der Waals surface area contributed by atoms with Gasteiger partial charge in [-0.2, -0.15) is 0 Å². The molecule has 7 nitrogen and oxygen atoms in total. The fourth-order valence-electron chi connectivity index (χ4n) is 3.34. The van der Waals surface area contributed by atoms with Crippen LogP contribution in [0.3, 0.4) is 0 Å². The highest BCUT2D eigenvalue weighted by atomic mass is 16.5. The van der Waals surface area contributed by atoms with Crippen LogP contribution in [0.25, 0.3) is 0 Å². The van der Waals surface area contributed by atoms with E-state index in [0.717, 1.165) is 38.1 Å². The van der Waals surface area contributed by atoms with E-state index in [1.807, 2.05) is 0 Å². The van der Waals surface area contributed by atoms with Gasteiger partial charge in [-0.15, -0.1) is 5.10 Å². The second-order valence-corrected chi connectivity index (χ2v) is 5.90. The average Bonchev–Trinajstić information content (AvgIpc) is 3.10. The SMILES string of the molecule is O=C(O)C1(Cn2nnnc2C2CCCOC2)CCCC1. The van der Waals surface area contributed by atoms with Crippen LogP contribution in [0, 0.1) is 5.41 Å². The van der Waals surface area contributed by atoms with Crippen LogP contribution in [0.2, 0.25) is 0 Å². The highest BCUT2D eigenvalue weighted by molar-refractivity contribution is 5.74. The van der Waals surface area contributed by atoms with Crippen molar-refractivity contribution in [2.45, 2.75) is 51.0 Å². The summed E-state index contributed by atoms with van der Waals surface area (Å²) in [5, 5.41) is 21.4. The van der Waals surface area contributed by atoms with Gasteiger partial charge in [-0.1, -0.05) is 12.8 Å². The van der Waals surface area contributed by atoms with Crippen molar-refractivity contribution in [3.63, 3.8) is 0 Å². The molecule has 2 aliphatic rings. The number of tetrazole rings is 1. The van der Waals surface area contributed by atoms with Crippen LogP contribution in [0.15, 0.2) is 0 Å². The summed E-state index contributed by atoms with van der Waals surface area (Å²) in [6, 6.07) is 0. The predicted molar refractivity (Wildman–Crippen MR) is 69.1 cm³/mol. The highest BCUT2D eigenvalue weighted by Crippen LogP contribution is 2.40. The van der Waals surface area contributed by atoms with E-state index in [1.54, 1.807) is 4.68 Å². The number of ether oxygens (including phenoxy) is 1. The minimum atomic E-state index is -0.726. The number of hydrogen-bond acceptors (Lipinski definition) is 5. The van der Waals surface area contributed by atoms with Crippen molar-refractivity contribution in [2.24, 2.45) is 5.41 Å². The van der Waals surface area contributed by atoms with Crippen LogP contribution in [0.1, 0.15) is 50.3 Å². The van der Waals surface area contributed by atoms with Crippen LogP contribution in [0.5, 0.6) is 0 Å². The third kappa shape index (κ3) is 2.42. The molecule has 1 aromatic rings. The largest absolute Gasteiger partial charge is 0.481 e. The molecule has 1 aromatic heterocycles. The summed E-state index contributed by atoms with van der Waals surface area (Å²) in [7, 11) is 0. The predicted octanol–water partition coefficient (Wildman–Crippen LogP) is 1.21. The van der Waals surface area contributed by atoms with Crippen LogP contribution >= 0.6 is 0 Å². The summed E-state index contributed by atoms with van der Waals surface area (Å²) >= 11 is 0. The molecule has 20 heavy (non-hydrogen) atoms. The number of aliphatic carboxylic acids is 1. The van der Waals surface area contributed by atoms with E-state index in [4.69, 9.17) is 4.74 Å². The number of carbonyl (C=O) groups is 1. The zero-order valence-corrected chi connectivity index (χ0v) is 11.5. The summed E-state index contributed by atoms with van der Waals surface area (Å²) < 4.78 is 7.17. The Bertz CT molecular complexity index is 476. The number of carboxylic acids is 1. The molecule has 3 rings (SSSR count). The van der Waals surface area contributed by atoms with Gasteiger partial charge in [0.2, 0.25) is 0 Å². The van der Waals surface area contributed by atoms with Crippen LogP contribution < -0.4 is 0 Å². The Kier molecular flexibility index (Phi) is 3.69. The Hall–Kier alpha value is -1.50. The molecule has 0 spiro atoms.